The number of carbonyl (C=O) groups excluding carboxylic acids is 1. The Hall–Kier alpha value is -0.830. The highest BCUT2D eigenvalue weighted by Crippen LogP contribution is 2.27. The van der Waals surface area contributed by atoms with Crippen LogP contribution in [-0.4, -0.2) is 25.6 Å². The molecule has 1 fully saturated rings. The Bertz CT molecular complexity index is 226. The molecule has 0 bridgehead atoms. The molecule has 1 aliphatic heterocycles. The van der Waals surface area contributed by atoms with Crippen molar-refractivity contribution >= 4 is 5.78 Å². The molecule has 0 aromatic heterocycles. The van der Waals surface area contributed by atoms with Crippen LogP contribution in [0.25, 0.3) is 0 Å². The van der Waals surface area contributed by atoms with Crippen molar-refractivity contribution < 1.29 is 14.3 Å². The fourth-order valence-electron chi connectivity index (χ4n) is 1.44. The second-order valence-electron chi connectivity index (χ2n) is 3.19. The summed E-state index contributed by atoms with van der Waals surface area (Å²) in [4.78, 5) is 11.2. The predicted octanol–water partition coefficient (Wildman–Crippen LogP) is 1.67. The number of ketones is 1. The summed E-state index contributed by atoms with van der Waals surface area (Å²) in [7, 11) is 1.54. The van der Waals surface area contributed by atoms with Gasteiger partial charge in [-0.2, -0.15) is 0 Å². The lowest BCUT2D eigenvalue weighted by molar-refractivity contribution is -0.116. The van der Waals surface area contributed by atoms with Gasteiger partial charge in [-0.3, -0.25) is 4.79 Å². The third kappa shape index (κ3) is 2.56. The molecule has 74 valence electrons. The number of rotatable bonds is 5. The van der Waals surface area contributed by atoms with E-state index < -0.39 is 0 Å². The van der Waals surface area contributed by atoms with Crippen LogP contribution in [0.2, 0.25) is 0 Å². The third-order valence-electron chi connectivity index (χ3n) is 2.06. The van der Waals surface area contributed by atoms with E-state index in [0.717, 1.165) is 25.0 Å². The molecule has 3 nitrogen and oxygen atoms in total. The van der Waals surface area contributed by atoms with Gasteiger partial charge in [-0.1, -0.05) is 13.3 Å². The van der Waals surface area contributed by atoms with Gasteiger partial charge in [0.05, 0.1) is 13.7 Å². The molecule has 1 atom stereocenters. The lowest BCUT2D eigenvalue weighted by atomic mass is 10.0. The van der Waals surface area contributed by atoms with E-state index in [0.29, 0.717) is 5.76 Å². The van der Waals surface area contributed by atoms with Crippen molar-refractivity contribution in [3.05, 3.63) is 11.3 Å². The summed E-state index contributed by atoms with van der Waals surface area (Å²) in [5.74, 6) is 0.478. The number of carbonyl (C=O) groups is 1. The molecule has 0 N–H and O–H groups in total. The van der Waals surface area contributed by atoms with Crippen molar-refractivity contribution in [3.8, 4) is 0 Å². The average Bonchev–Trinajstić information content (AvgIpc) is 2.86. The SMILES string of the molecule is CCC/C(=C(/OC)C(C)=O)C1CO1. The van der Waals surface area contributed by atoms with Crippen molar-refractivity contribution in [2.24, 2.45) is 0 Å². The Kier molecular flexibility index (Phi) is 3.48. The molecule has 1 aliphatic rings. The van der Waals surface area contributed by atoms with E-state index in [9.17, 15) is 4.79 Å². The van der Waals surface area contributed by atoms with E-state index in [1.54, 1.807) is 0 Å². The van der Waals surface area contributed by atoms with Crippen LogP contribution >= 0.6 is 0 Å². The normalized spacial score (nSPS) is 22.2. The molecule has 0 spiro atoms. The maximum Gasteiger partial charge on any atom is 0.194 e. The summed E-state index contributed by atoms with van der Waals surface area (Å²) >= 11 is 0. The molecule has 1 saturated heterocycles. The van der Waals surface area contributed by atoms with Crippen LogP contribution in [0.15, 0.2) is 11.3 Å². The first-order valence-electron chi connectivity index (χ1n) is 4.60. The lowest BCUT2D eigenvalue weighted by Gasteiger charge is -2.08. The van der Waals surface area contributed by atoms with Crippen LogP contribution in [0.3, 0.4) is 0 Å². The van der Waals surface area contributed by atoms with Crippen LogP contribution in [-0.2, 0) is 14.3 Å². The minimum atomic E-state index is -0.0125. The van der Waals surface area contributed by atoms with Gasteiger partial charge in [-0.05, 0) is 6.42 Å². The maximum atomic E-state index is 11.2. The number of epoxide rings is 1. The minimum absolute atomic E-state index is 0.0125. The van der Waals surface area contributed by atoms with E-state index in [4.69, 9.17) is 9.47 Å². The fraction of sp³-hybridized carbons (Fsp3) is 0.700. The van der Waals surface area contributed by atoms with E-state index in [1.807, 2.05) is 0 Å². The van der Waals surface area contributed by atoms with Crippen molar-refractivity contribution in [2.75, 3.05) is 13.7 Å². The van der Waals surface area contributed by atoms with Gasteiger partial charge in [0.15, 0.2) is 11.5 Å². The highest BCUT2D eigenvalue weighted by molar-refractivity contribution is 5.92. The zero-order valence-corrected chi connectivity index (χ0v) is 8.42. The second-order valence-corrected chi connectivity index (χ2v) is 3.19. The maximum absolute atomic E-state index is 11.2. The van der Waals surface area contributed by atoms with Crippen LogP contribution in [0.5, 0.6) is 0 Å². The first kappa shape index (κ1) is 10.3. The summed E-state index contributed by atoms with van der Waals surface area (Å²) < 4.78 is 10.2. The first-order chi connectivity index (χ1) is 6.20. The van der Waals surface area contributed by atoms with Crippen LogP contribution in [0.1, 0.15) is 26.7 Å². The number of methoxy groups -OCH3 is 1. The Labute approximate surface area is 78.7 Å². The van der Waals surface area contributed by atoms with E-state index >= 15 is 0 Å². The highest BCUT2D eigenvalue weighted by Gasteiger charge is 2.31. The average molecular weight is 184 g/mol. The van der Waals surface area contributed by atoms with E-state index in [2.05, 4.69) is 6.92 Å². The van der Waals surface area contributed by atoms with Crippen molar-refractivity contribution in [1.29, 1.82) is 0 Å². The third-order valence-corrected chi connectivity index (χ3v) is 2.06. The second kappa shape index (κ2) is 4.42. The molecule has 0 amide bonds. The topological polar surface area (TPSA) is 38.8 Å². The van der Waals surface area contributed by atoms with Crippen molar-refractivity contribution in [2.45, 2.75) is 32.8 Å². The fourth-order valence-corrected chi connectivity index (χ4v) is 1.44. The standard InChI is InChI=1S/C10H16O3/c1-4-5-8(9-6-13-9)10(12-3)7(2)11/h9H,4-6H2,1-3H3/b10-8-. The molecule has 1 rings (SSSR count). The molecule has 3 heteroatoms. The molecular weight excluding hydrogens is 168 g/mol. The van der Waals surface area contributed by atoms with Crippen LogP contribution in [0, 0.1) is 0 Å². The highest BCUT2D eigenvalue weighted by atomic mass is 16.6. The molecule has 0 aromatic carbocycles. The Balaban J connectivity index is 2.82. The van der Waals surface area contributed by atoms with Gasteiger partial charge in [0.25, 0.3) is 0 Å². The zero-order chi connectivity index (χ0) is 9.84. The van der Waals surface area contributed by atoms with Crippen LogP contribution in [0.4, 0.5) is 0 Å². The van der Waals surface area contributed by atoms with Gasteiger partial charge >= 0.3 is 0 Å². The smallest absolute Gasteiger partial charge is 0.194 e. The van der Waals surface area contributed by atoms with Gasteiger partial charge in [-0.15, -0.1) is 0 Å². The zero-order valence-electron chi connectivity index (χ0n) is 8.42. The van der Waals surface area contributed by atoms with Gasteiger partial charge in [0.1, 0.15) is 6.10 Å². The first-order valence-corrected chi connectivity index (χ1v) is 4.60. The molecule has 1 unspecified atom stereocenters. The van der Waals surface area contributed by atoms with Gasteiger partial charge < -0.3 is 9.47 Å². The van der Waals surface area contributed by atoms with Crippen molar-refractivity contribution in [1.82, 2.24) is 0 Å². The van der Waals surface area contributed by atoms with Gasteiger partial charge in [0.2, 0.25) is 0 Å². The number of ether oxygens (including phenoxy) is 2. The molecule has 0 aliphatic carbocycles. The number of hydrogen-bond acceptors (Lipinski definition) is 3. The lowest BCUT2D eigenvalue weighted by Crippen LogP contribution is -2.08. The molecule has 0 saturated carbocycles. The van der Waals surface area contributed by atoms with Gasteiger partial charge in [-0.25, -0.2) is 0 Å². The minimum Gasteiger partial charge on any atom is -0.493 e. The Morgan fingerprint density at radius 1 is 1.62 bits per heavy atom. The number of allylic oxidation sites excluding steroid dienone is 1. The summed E-state index contributed by atoms with van der Waals surface area (Å²) in [6.07, 6.45) is 2.03. The monoisotopic (exact) mass is 184 g/mol. The van der Waals surface area contributed by atoms with E-state index in [1.165, 1.54) is 14.0 Å². The molecule has 1 heterocycles. The van der Waals surface area contributed by atoms with Gasteiger partial charge in [0, 0.05) is 12.5 Å². The Morgan fingerprint density at radius 2 is 2.23 bits per heavy atom. The summed E-state index contributed by atoms with van der Waals surface area (Å²) in [5.41, 5.74) is 1.03. The van der Waals surface area contributed by atoms with Crippen LogP contribution < -0.4 is 0 Å². The quantitative estimate of drug-likeness (QED) is 0.370. The Morgan fingerprint density at radius 3 is 2.54 bits per heavy atom. The number of Topliss-reactive ketones (excluding diaryl/α,β-unsaturated/α-hetero) is 1. The summed E-state index contributed by atoms with van der Waals surface area (Å²) in [6.45, 7) is 4.34. The van der Waals surface area contributed by atoms with E-state index in [-0.39, 0.29) is 11.9 Å². The van der Waals surface area contributed by atoms with Crippen molar-refractivity contribution in [3.63, 3.8) is 0 Å². The molecule has 0 radical (unpaired) electrons. The molecular formula is C10H16O3. The summed E-state index contributed by atoms with van der Waals surface area (Å²) in [6, 6.07) is 0. The molecule has 0 aromatic rings. The largest absolute Gasteiger partial charge is 0.493 e. The predicted molar refractivity (Wildman–Crippen MR) is 49.4 cm³/mol. The summed E-state index contributed by atoms with van der Waals surface area (Å²) in [5, 5.41) is 0. The number of hydrogen-bond donors (Lipinski definition) is 0. The molecule has 13 heavy (non-hydrogen) atoms.